The number of aromatic nitrogens is 1. The van der Waals surface area contributed by atoms with Crippen molar-refractivity contribution >= 4 is 46.5 Å². The van der Waals surface area contributed by atoms with E-state index in [0.29, 0.717) is 29.9 Å². The standard InChI is InChI=1S/C26H19ClFN3O2/c27-20-9-5-19(24(28)14-20)13-23(26(30)33-16-29)17-7-11-22(12-8-17)32-15-21-10-6-18-3-1-2-4-25(18)31-21/h1-14,16,29-30H,15H2. The molecule has 1 aromatic heterocycles. The van der Waals surface area contributed by atoms with Crippen LogP contribution in [0.1, 0.15) is 16.8 Å². The molecule has 33 heavy (non-hydrogen) atoms. The molecule has 164 valence electrons. The minimum atomic E-state index is -0.523. The third-order valence-corrected chi connectivity index (χ3v) is 5.13. The summed E-state index contributed by atoms with van der Waals surface area (Å²) in [6.07, 6.45) is 2.13. The summed E-state index contributed by atoms with van der Waals surface area (Å²) in [4.78, 5) is 4.60. The summed E-state index contributed by atoms with van der Waals surface area (Å²) in [7, 11) is 0. The number of hydrogen-bond donors (Lipinski definition) is 2. The van der Waals surface area contributed by atoms with Gasteiger partial charge in [0.05, 0.1) is 11.2 Å². The molecule has 0 radical (unpaired) electrons. The van der Waals surface area contributed by atoms with Crippen LogP contribution in [-0.4, -0.2) is 17.3 Å². The molecule has 3 aromatic carbocycles. The van der Waals surface area contributed by atoms with Crippen molar-refractivity contribution in [2.24, 2.45) is 0 Å². The predicted octanol–water partition coefficient (Wildman–Crippen LogP) is 6.75. The molecule has 5 nitrogen and oxygen atoms in total. The summed E-state index contributed by atoms with van der Waals surface area (Å²) in [5, 5.41) is 16.6. The zero-order valence-electron chi connectivity index (χ0n) is 17.4. The van der Waals surface area contributed by atoms with E-state index in [-0.39, 0.29) is 16.5 Å². The van der Waals surface area contributed by atoms with E-state index in [4.69, 9.17) is 31.9 Å². The molecule has 0 fully saturated rings. The first-order valence-corrected chi connectivity index (χ1v) is 10.4. The highest BCUT2D eigenvalue weighted by Gasteiger charge is 2.12. The molecule has 4 rings (SSSR count). The highest BCUT2D eigenvalue weighted by Crippen LogP contribution is 2.25. The van der Waals surface area contributed by atoms with Crippen LogP contribution in [0.2, 0.25) is 5.02 Å². The van der Waals surface area contributed by atoms with Crippen LogP contribution < -0.4 is 4.74 Å². The Bertz CT molecular complexity index is 1350. The normalized spacial score (nSPS) is 11.3. The number of halogens is 2. The molecule has 0 atom stereocenters. The van der Waals surface area contributed by atoms with Crippen molar-refractivity contribution in [1.82, 2.24) is 4.98 Å². The minimum absolute atomic E-state index is 0.246. The molecule has 0 unspecified atom stereocenters. The van der Waals surface area contributed by atoms with E-state index in [2.05, 4.69) is 4.98 Å². The number of nitrogens with one attached hydrogen (secondary N) is 2. The van der Waals surface area contributed by atoms with E-state index >= 15 is 0 Å². The number of ether oxygens (including phenoxy) is 2. The molecule has 0 saturated carbocycles. The lowest BCUT2D eigenvalue weighted by atomic mass is 10.0. The van der Waals surface area contributed by atoms with Crippen molar-refractivity contribution in [2.75, 3.05) is 0 Å². The van der Waals surface area contributed by atoms with E-state index in [1.54, 1.807) is 30.3 Å². The molecule has 7 heteroatoms. The highest BCUT2D eigenvalue weighted by atomic mass is 35.5. The molecular weight excluding hydrogens is 441 g/mol. The number of nitrogens with zero attached hydrogens (tertiary/aromatic N) is 1. The lowest BCUT2D eigenvalue weighted by Gasteiger charge is -2.11. The fraction of sp³-hybridized carbons (Fsp3) is 0.0385. The van der Waals surface area contributed by atoms with Crippen molar-refractivity contribution < 1.29 is 13.9 Å². The number of rotatable bonds is 7. The van der Waals surface area contributed by atoms with Gasteiger partial charge in [0.1, 0.15) is 18.2 Å². The van der Waals surface area contributed by atoms with Crippen LogP contribution in [0.25, 0.3) is 22.6 Å². The Labute approximate surface area is 195 Å². The monoisotopic (exact) mass is 459 g/mol. The Morgan fingerprint density at radius 2 is 1.79 bits per heavy atom. The molecule has 0 spiro atoms. The smallest absolute Gasteiger partial charge is 0.221 e. The number of para-hydroxylation sites is 1. The number of benzene rings is 3. The first-order valence-electron chi connectivity index (χ1n) is 10.0. The summed E-state index contributed by atoms with van der Waals surface area (Å²) < 4.78 is 25.1. The van der Waals surface area contributed by atoms with E-state index < -0.39 is 5.82 Å². The first-order chi connectivity index (χ1) is 16.0. The Hall–Kier alpha value is -4.03. The summed E-state index contributed by atoms with van der Waals surface area (Å²) in [6.45, 7) is 0.301. The first kappa shape index (κ1) is 22.2. The lowest BCUT2D eigenvalue weighted by molar-refractivity contribution is 0.302. The summed E-state index contributed by atoms with van der Waals surface area (Å²) in [6, 6.07) is 23.1. The molecule has 1 heterocycles. The summed E-state index contributed by atoms with van der Waals surface area (Å²) in [5.41, 5.74) is 2.87. The van der Waals surface area contributed by atoms with Gasteiger partial charge in [0.2, 0.25) is 5.90 Å². The fourth-order valence-corrected chi connectivity index (χ4v) is 3.41. The van der Waals surface area contributed by atoms with Crippen LogP contribution in [0.15, 0.2) is 78.9 Å². The minimum Gasteiger partial charge on any atom is -0.487 e. The van der Waals surface area contributed by atoms with Gasteiger partial charge >= 0.3 is 0 Å². The maximum absolute atomic E-state index is 14.3. The zero-order chi connectivity index (χ0) is 23.2. The molecule has 0 amide bonds. The lowest BCUT2D eigenvalue weighted by Crippen LogP contribution is -2.05. The molecule has 2 N–H and O–H groups in total. The van der Waals surface area contributed by atoms with Gasteiger partial charge in [-0.3, -0.25) is 10.8 Å². The van der Waals surface area contributed by atoms with Gasteiger partial charge in [0.15, 0.2) is 6.40 Å². The molecule has 0 aliphatic rings. The SMILES string of the molecule is N=COC(=N)C(=Cc1ccc(Cl)cc1F)c1ccc(OCc2ccc3ccccc3n2)cc1. The molecule has 0 aliphatic carbocycles. The van der Waals surface area contributed by atoms with Gasteiger partial charge in [-0.1, -0.05) is 54.1 Å². The molecule has 0 aliphatic heterocycles. The van der Waals surface area contributed by atoms with Crippen molar-refractivity contribution in [2.45, 2.75) is 6.61 Å². The fourth-order valence-electron chi connectivity index (χ4n) is 3.25. The molecule has 0 saturated heterocycles. The molecule has 4 aromatic rings. The Morgan fingerprint density at radius 3 is 2.55 bits per heavy atom. The van der Waals surface area contributed by atoms with Crippen LogP contribution >= 0.6 is 11.6 Å². The Balaban J connectivity index is 1.54. The van der Waals surface area contributed by atoms with Crippen molar-refractivity contribution in [3.05, 3.63) is 107 Å². The second kappa shape index (κ2) is 10.1. The highest BCUT2D eigenvalue weighted by molar-refractivity contribution is 6.30. The summed E-state index contributed by atoms with van der Waals surface area (Å²) >= 11 is 5.83. The van der Waals surface area contributed by atoms with E-state index in [1.165, 1.54) is 18.2 Å². The van der Waals surface area contributed by atoms with Crippen LogP contribution in [0.3, 0.4) is 0 Å². The predicted molar refractivity (Wildman–Crippen MR) is 129 cm³/mol. The van der Waals surface area contributed by atoms with Gasteiger partial charge in [-0.2, -0.15) is 0 Å². The van der Waals surface area contributed by atoms with Crippen molar-refractivity contribution in [1.29, 1.82) is 10.8 Å². The average Bonchev–Trinajstić information content (AvgIpc) is 2.83. The van der Waals surface area contributed by atoms with Gasteiger partial charge < -0.3 is 9.47 Å². The van der Waals surface area contributed by atoms with Gasteiger partial charge in [0, 0.05) is 21.5 Å². The second-order valence-corrected chi connectivity index (χ2v) is 7.53. The Morgan fingerprint density at radius 1 is 1.00 bits per heavy atom. The maximum Gasteiger partial charge on any atom is 0.221 e. The van der Waals surface area contributed by atoms with E-state index in [1.807, 2.05) is 36.4 Å². The topological polar surface area (TPSA) is 79.0 Å². The van der Waals surface area contributed by atoms with E-state index in [0.717, 1.165) is 16.6 Å². The second-order valence-electron chi connectivity index (χ2n) is 7.10. The van der Waals surface area contributed by atoms with Gasteiger partial charge in [-0.25, -0.2) is 9.37 Å². The van der Waals surface area contributed by atoms with Crippen molar-refractivity contribution in [3.63, 3.8) is 0 Å². The van der Waals surface area contributed by atoms with E-state index in [9.17, 15) is 4.39 Å². The summed E-state index contributed by atoms with van der Waals surface area (Å²) in [5.74, 6) is -0.191. The van der Waals surface area contributed by atoms with Crippen molar-refractivity contribution in [3.8, 4) is 5.75 Å². The maximum atomic E-state index is 14.3. The quantitative estimate of drug-likeness (QED) is 0.182. The Kier molecular flexibility index (Phi) is 6.76. The van der Waals surface area contributed by atoms with Crippen LogP contribution in [0.5, 0.6) is 5.75 Å². The van der Waals surface area contributed by atoms with Crippen LogP contribution in [-0.2, 0) is 11.3 Å². The van der Waals surface area contributed by atoms with Crippen LogP contribution in [0, 0.1) is 16.6 Å². The van der Waals surface area contributed by atoms with Gasteiger partial charge in [-0.15, -0.1) is 0 Å². The number of fused-ring (bicyclic) bond motifs is 1. The van der Waals surface area contributed by atoms with Gasteiger partial charge in [0.25, 0.3) is 0 Å². The molecule has 0 bridgehead atoms. The third kappa shape index (κ3) is 5.42. The molecular formula is C26H19ClFN3O2. The third-order valence-electron chi connectivity index (χ3n) is 4.89. The van der Waals surface area contributed by atoms with Crippen LogP contribution in [0.4, 0.5) is 4.39 Å². The number of hydrogen-bond acceptors (Lipinski definition) is 5. The average molecular weight is 460 g/mol. The zero-order valence-corrected chi connectivity index (χ0v) is 18.1. The largest absolute Gasteiger partial charge is 0.487 e. The van der Waals surface area contributed by atoms with Gasteiger partial charge in [-0.05, 0) is 48.0 Å². The number of pyridine rings is 1.